The molecule has 0 saturated carbocycles. The molecule has 7 heteroatoms. The minimum Gasteiger partial charge on any atom is -0.482 e. The van der Waals surface area contributed by atoms with Crippen molar-refractivity contribution in [1.29, 1.82) is 0 Å². The number of hydrogen-bond acceptors (Lipinski definition) is 6. The molecule has 150 valence electrons. The van der Waals surface area contributed by atoms with Crippen molar-refractivity contribution in [2.75, 3.05) is 13.2 Å². The highest BCUT2D eigenvalue weighted by Crippen LogP contribution is 2.29. The van der Waals surface area contributed by atoms with E-state index in [1.54, 1.807) is 12.1 Å². The van der Waals surface area contributed by atoms with Crippen molar-refractivity contribution >= 4 is 22.8 Å². The van der Waals surface area contributed by atoms with Gasteiger partial charge in [-0.15, -0.1) is 0 Å². The summed E-state index contributed by atoms with van der Waals surface area (Å²) in [6.45, 7) is 5.64. The number of hydrogen-bond donors (Lipinski definition) is 1. The topological polar surface area (TPSA) is 94.8 Å². The summed E-state index contributed by atoms with van der Waals surface area (Å²) in [5.41, 5.74) is 1.93. The SMILES string of the molecule is CC(C)CNC(=O)[C@@H](C)OC(=O)COc1ccc2c3c(c(=O)oc2c1)CCC3. The molecule has 28 heavy (non-hydrogen) atoms. The Morgan fingerprint density at radius 2 is 1.93 bits per heavy atom. The van der Waals surface area contributed by atoms with Crippen LogP contribution in [0, 0.1) is 5.92 Å². The molecule has 0 spiro atoms. The number of carbonyl (C=O) groups is 2. The Morgan fingerprint density at radius 3 is 2.68 bits per heavy atom. The summed E-state index contributed by atoms with van der Waals surface area (Å²) in [6, 6.07) is 5.17. The van der Waals surface area contributed by atoms with Gasteiger partial charge >= 0.3 is 11.6 Å². The average molecular weight is 387 g/mol. The molecule has 1 heterocycles. The standard InChI is InChI=1S/C21H25NO6/c1-12(2)10-22-20(24)13(3)27-19(23)11-26-14-7-8-16-15-5-4-6-17(15)21(25)28-18(16)9-14/h7-9,12-13H,4-6,10-11H2,1-3H3,(H,22,24)/t13-/m1/s1. The van der Waals surface area contributed by atoms with Gasteiger partial charge in [-0.2, -0.15) is 0 Å². The van der Waals surface area contributed by atoms with E-state index >= 15 is 0 Å². The van der Waals surface area contributed by atoms with E-state index in [1.807, 2.05) is 19.9 Å². The highest BCUT2D eigenvalue weighted by Gasteiger charge is 2.20. The molecule has 0 aliphatic heterocycles. The van der Waals surface area contributed by atoms with Crippen molar-refractivity contribution in [2.24, 2.45) is 5.92 Å². The van der Waals surface area contributed by atoms with Gasteiger partial charge in [0.15, 0.2) is 12.7 Å². The average Bonchev–Trinajstić information content (AvgIpc) is 3.15. The lowest BCUT2D eigenvalue weighted by Crippen LogP contribution is -2.38. The van der Waals surface area contributed by atoms with Crippen LogP contribution in [-0.2, 0) is 27.2 Å². The van der Waals surface area contributed by atoms with Gasteiger partial charge in [0.1, 0.15) is 11.3 Å². The molecule has 3 rings (SSSR count). The maximum absolute atomic E-state index is 12.1. The van der Waals surface area contributed by atoms with Crippen LogP contribution in [-0.4, -0.2) is 31.1 Å². The number of rotatable bonds is 7. The van der Waals surface area contributed by atoms with E-state index in [0.717, 1.165) is 35.8 Å². The van der Waals surface area contributed by atoms with Gasteiger partial charge in [0, 0.05) is 23.6 Å². The first-order valence-corrected chi connectivity index (χ1v) is 9.53. The minimum absolute atomic E-state index is 0.308. The number of carbonyl (C=O) groups excluding carboxylic acids is 2. The van der Waals surface area contributed by atoms with Gasteiger partial charge in [-0.25, -0.2) is 9.59 Å². The molecule has 1 N–H and O–H groups in total. The van der Waals surface area contributed by atoms with E-state index in [2.05, 4.69) is 5.32 Å². The monoisotopic (exact) mass is 387 g/mol. The predicted molar refractivity (Wildman–Crippen MR) is 103 cm³/mol. The molecule has 1 aliphatic rings. The van der Waals surface area contributed by atoms with Crippen LogP contribution in [0.25, 0.3) is 11.0 Å². The fraction of sp³-hybridized carbons (Fsp3) is 0.476. The van der Waals surface area contributed by atoms with Crippen molar-refractivity contribution in [2.45, 2.75) is 46.1 Å². The Balaban J connectivity index is 1.59. The normalized spacial score (nSPS) is 14.0. The molecule has 1 aromatic heterocycles. The third kappa shape index (κ3) is 4.52. The van der Waals surface area contributed by atoms with Crippen molar-refractivity contribution in [3.63, 3.8) is 0 Å². The van der Waals surface area contributed by atoms with Crippen LogP contribution in [0.2, 0.25) is 0 Å². The molecule has 1 atom stereocenters. The van der Waals surface area contributed by atoms with Gasteiger partial charge < -0.3 is 19.2 Å². The van der Waals surface area contributed by atoms with Gasteiger partial charge in [-0.05, 0) is 49.8 Å². The Kier molecular flexibility index (Phi) is 6.02. The number of fused-ring (bicyclic) bond motifs is 3. The lowest BCUT2D eigenvalue weighted by atomic mass is 10.1. The van der Waals surface area contributed by atoms with Crippen LogP contribution >= 0.6 is 0 Å². The van der Waals surface area contributed by atoms with Crippen molar-refractivity contribution in [3.8, 4) is 5.75 Å². The second-order valence-electron chi connectivity index (χ2n) is 7.42. The van der Waals surface area contributed by atoms with Crippen molar-refractivity contribution < 1.29 is 23.5 Å². The fourth-order valence-electron chi connectivity index (χ4n) is 3.23. The highest BCUT2D eigenvalue weighted by molar-refractivity contribution is 5.84. The van der Waals surface area contributed by atoms with Gasteiger partial charge in [0.05, 0.1) is 0 Å². The summed E-state index contributed by atoms with van der Waals surface area (Å²) >= 11 is 0. The number of ether oxygens (including phenoxy) is 2. The zero-order chi connectivity index (χ0) is 20.3. The molecule has 1 amide bonds. The third-order valence-corrected chi connectivity index (χ3v) is 4.66. The summed E-state index contributed by atoms with van der Waals surface area (Å²) in [4.78, 5) is 35.9. The minimum atomic E-state index is -0.896. The summed E-state index contributed by atoms with van der Waals surface area (Å²) < 4.78 is 15.9. The molecule has 7 nitrogen and oxygen atoms in total. The maximum atomic E-state index is 12.1. The fourth-order valence-corrected chi connectivity index (χ4v) is 3.23. The Morgan fingerprint density at radius 1 is 1.18 bits per heavy atom. The molecule has 1 aromatic carbocycles. The highest BCUT2D eigenvalue weighted by atomic mass is 16.6. The second-order valence-corrected chi connectivity index (χ2v) is 7.42. The van der Waals surface area contributed by atoms with Crippen molar-refractivity contribution in [3.05, 3.63) is 39.7 Å². The summed E-state index contributed by atoms with van der Waals surface area (Å²) in [7, 11) is 0. The molecule has 2 aromatic rings. The number of aryl methyl sites for hydroxylation is 1. The van der Waals surface area contributed by atoms with Crippen LogP contribution < -0.4 is 15.7 Å². The van der Waals surface area contributed by atoms with Gasteiger partial charge in [0.2, 0.25) is 0 Å². The number of nitrogens with one attached hydrogen (secondary N) is 1. The van der Waals surface area contributed by atoms with Crippen LogP contribution in [0.3, 0.4) is 0 Å². The summed E-state index contributed by atoms with van der Waals surface area (Å²) in [6.07, 6.45) is 1.67. The van der Waals surface area contributed by atoms with Crippen LogP contribution in [0.15, 0.2) is 27.4 Å². The Bertz CT molecular complexity index is 946. The molecule has 0 unspecified atom stereocenters. The molecule has 0 radical (unpaired) electrons. The van der Waals surface area contributed by atoms with Crippen LogP contribution in [0.1, 0.15) is 38.3 Å². The number of amides is 1. The molecular weight excluding hydrogens is 362 g/mol. The largest absolute Gasteiger partial charge is 0.482 e. The quantitative estimate of drug-likeness (QED) is 0.579. The third-order valence-electron chi connectivity index (χ3n) is 4.66. The second kappa shape index (κ2) is 8.46. The zero-order valence-corrected chi connectivity index (χ0v) is 16.4. The summed E-state index contributed by atoms with van der Waals surface area (Å²) in [5, 5.41) is 3.61. The lowest BCUT2D eigenvalue weighted by molar-refractivity contribution is -0.156. The molecule has 0 bridgehead atoms. The molecular formula is C21H25NO6. The van der Waals surface area contributed by atoms with Gasteiger partial charge in [-0.1, -0.05) is 13.8 Å². The lowest BCUT2D eigenvalue weighted by Gasteiger charge is -2.15. The first-order chi connectivity index (χ1) is 13.3. The maximum Gasteiger partial charge on any atom is 0.344 e. The predicted octanol–water partition coefficient (Wildman–Crippen LogP) is 2.36. The molecule has 1 aliphatic carbocycles. The van der Waals surface area contributed by atoms with Gasteiger partial charge in [-0.3, -0.25) is 4.79 Å². The van der Waals surface area contributed by atoms with E-state index in [9.17, 15) is 14.4 Å². The molecule has 0 fully saturated rings. The van der Waals surface area contributed by atoms with Gasteiger partial charge in [0.25, 0.3) is 5.91 Å². The summed E-state index contributed by atoms with van der Waals surface area (Å²) in [5.74, 6) is -0.294. The van der Waals surface area contributed by atoms with E-state index in [-0.39, 0.29) is 18.1 Å². The van der Waals surface area contributed by atoms with E-state index < -0.39 is 12.1 Å². The number of benzene rings is 1. The first-order valence-electron chi connectivity index (χ1n) is 9.53. The smallest absolute Gasteiger partial charge is 0.344 e. The number of esters is 1. The van der Waals surface area contributed by atoms with E-state index in [0.29, 0.717) is 23.8 Å². The van der Waals surface area contributed by atoms with Crippen LogP contribution in [0.5, 0.6) is 5.75 Å². The molecule has 0 saturated heterocycles. The van der Waals surface area contributed by atoms with Crippen molar-refractivity contribution in [1.82, 2.24) is 5.32 Å². The Hall–Kier alpha value is -2.83. The van der Waals surface area contributed by atoms with E-state index in [1.165, 1.54) is 6.92 Å². The zero-order valence-electron chi connectivity index (χ0n) is 16.4. The Labute approximate surface area is 163 Å². The van der Waals surface area contributed by atoms with E-state index in [4.69, 9.17) is 13.9 Å². The first kappa shape index (κ1) is 19.9. The van der Waals surface area contributed by atoms with Crippen LogP contribution in [0.4, 0.5) is 0 Å².